The highest BCUT2D eigenvalue weighted by Crippen LogP contribution is 2.41. The van der Waals surface area contributed by atoms with Crippen LogP contribution in [-0.2, 0) is 16.6 Å². The molecule has 10 rings (SSSR count). The van der Waals surface area contributed by atoms with Crippen LogP contribution in [0.15, 0.2) is 60.7 Å². The molecule has 4 aliphatic rings. The number of piperidine rings is 1. The number of anilines is 2. The van der Waals surface area contributed by atoms with E-state index < -0.39 is 11.7 Å². The number of hydrogen-bond acceptors (Lipinski definition) is 10. The lowest BCUT2D eigenvalue weighted by Crippen LogP contribution is -2.48. The number of amides is 4. The number of carbonyl (C=O) groups is 4. The number of piperazine rings is 1. The number of imide groups is 1. The van der Waals surface area contributed by atoms with Crippen molar-refractivity contribution >= 4 is 78.2 Å². The molecule has 0 spiro atoms. The van der Waals surface area contributed by atoms with Gasteiger partial charge in [0.2, 0.25) is 11.8 Å². The second kappa shape index (κ2) is 15.3. The van der Waals surface area contributed by atoms with Crippen molar-refractivity contribution in [2.24, 2.45) is 13.0 Å². The first-order chi connectivity index (χ1) is 29.1. The van der Waals surface area contributed by atoms with Crippen LogP contribution in [0.5, 0.6) is 0 Å². The normalized spacial score (nSPS) is 22.2. The number of aromatic nitrogens is 3. The highest BCUT2D eigenvalue weighted by atomic mass is 32.1. The van der Waals surface area contributed by atoms with Crippen LogP contribution in [0.4, 0.5) is 15.8 Å². The van der Waals surface area contributed by atoms with Crippen molar-refractivity contribution in [3.63, 3.8) is 0 Å². The van der Waals surface area contributed by atoms with Crippen LogP contribution in [0.3, 0.4) is 0 Å². The van der Waals surface area contributed by atoms with E-state index in [1.54, 1.807) is 18.2 Å². The third-order valence-corrected chi connectivity index (χ3v) is 13.9. The third-order valence-electron chi connectivity index (χ3n) is 12.8. The molecule has 6 heterocycles. The average Bonchev–Trinajstić information content (AvgIpc) is 3.73. The number of thiophene rings is 1. The Morgan fingerprint density at radius 3 is 2.60 bits per heavy atom. The molecule has 13 nitrogen and oxygen atoms in total. The van der Waals surface area contributed by atoms with Gasteiger partial charge < -0.3 is 20.9 Å². The van der Waals surface area contributed by atoms with E-state index in [4.69, 9.17) is 4.98 Å². The molecule has 0 radical (unpaired) electrons. The van der Waals surface area contributed by atoms with Crippen molar-refractivity contribution in [2.75, 3.05) is 49.5 Å². The molecule has 4 N–H and O–H groups in total. The van der Waals surface area contributed by atoms with Crippen LogP contribution in [-0.4, -0.2) is 94.6 Å². The van der Waals surface area contributed by atoms with Gasteiger partial charge in [-0.3, -0.25) is 34.1 Å². The Kier molecular flexibility index (Phi) is 9.74. The van der Waals surface area contributed by atoms with Gasteiger partial charge in [-0.2, -0.15) is 5.10 Å². The standard InChI is InChI=1S/C45H46FN9O4S/c1-24-23-47-41-39-30-7-9-34(50-35(30)10-11-37(39)60-42(41)45(59)48-24)29-5-3-26(21-33(29)46)43(57)49-27-19-25(20-27)13-14-54-15-17-55(18-16-54)28-4-6-31-36(22-28)53(2)52-40(31)32-8-12-38(56)51-44(32)58/h3-7,9-11,21-22,24-25,27,32,47H,8,12-20,23H2,1-2H3,(H,48,59)(H,49,57)(H,51,56,58)/t24-,25?,27?,32?/m1/s1. The highest BCUT2D eigenvalue weighted by Gasteiger charge is 2.33. The fraction of sp³-hybridized carbons (Fsp3) is 0.378. The van der Waals surface area contributed by atoms with Crippen LogP contribution >= 0.6 is 11.3 Å². The van der Waals surface area contributed by atoms with Crippen molar-refractivity contribution in [2.45, 2.75) is 57.0 Å². The van der Waals surface area contributed by atoms with Crippen molar-refractivity contribution in [3.05, 3.63) is 82.6 Å². The highest BCUT2D eigenvalue weighted by molar-refractivity contribution is 7.21. The number of pyridine rings is 1. The minimum atomic E-state index is -0.504. The van der Waals surface area contributed by atoms with Gasteiger partial charge >= 0.3 is 0 Å². The zero-order chi connectivity index (χ0) is 41.2. The molecular formula is C45H46FN9O4S. The van der Waals surface area contributed by atoms with Crippen LogP contribution in [0.1, 0.15) is 70.7 Å². The van der Waals surface area contributed by atoms with E-state index in [0.717, 1.165) is 95.4 Å². The first-order valence-electron chi connectivity index (χ1n) is 20.9. The maximum Gasteiger partial charge on any atom is 0.263 e. The van der Waals surface area contributed by atoms with Gasteiger partial charge in [-0.1, -0.05) is 0 Å². The summed E-state index contributed by atoms with van der Waals surface area (Å²) in [5, 5.41) is 19.5. The molecule has 2 atom stereocenters. The number of benzene rings is 3. The summed E-state index contributed by atoms with van der Waals surface area (Å²) in [5.74, 6) is -1.24. The molecule has 4 amide bonds. The summed E-state index contributed by atoms with van der Waals surface area (Å²) < 4.78 is 18.4. The Hall–Kier alpha value is -5.93. The molecule has 3 aliphatic heterocycles. The van der Waals surface area contributed by atoms with E-state index in [1.165, 1.54) is 17.4 Å². The van der Waals surface area contributed by atoms with E-state index in [2.05, 4.69) is 54.4 Å². The molecule has 1 unspecified atom stereocenters. The van der Waals surface area contributed by atoms with Crippen molar-refractivity contribution in [1.29, 1.82) is 0 Å². The van der Waals surface area contributed by atoms with Crippen LogP contribution < -0.4 is 26.2 Å². The molecule has 1 aliphatic carbocycles. The molecule has 15 heteroatoms. The number of nitrogens with one attached hydrogen (secondary N) is 4. The van der Waals surface area contributed by atoms with Gasteiger partial charge in [-0.25, -0.2) is 9.37 Å². The minimum Gasteiger partial charge on any atom is -0.381 e. The van der Waals surface area contributed by atoms with E-state index in [-0.39, 0.29) is 41.3 Å². The first kappa shape index (κ1) is 38.3. The van der Waals surface area contributed by atoms with Gasteiger partial charge in [-0.15, -0.1) is 11.3 Å². The first-order valence-corrected chi connectivity index (χ1v) is 21.7. The van der Waals surface area contributed by atoms with E-state index in [1.807, 2.05) is 36.9 Å². The topological polar surface area (TPSA) is 154 Å². The fourth-order valence-corrected chi connectivity index (χ4v) is 10.5. The summed E-state index contributed by atoms with van der Waals surface area (Å²) >= 11 is 1.45. The second-order valence-electron chi connectivity index (χ2n) is 16.8. The van der Waals surface area contributed by atoms with E-state index in [0.29, 0.717) is 47.0 Å². The minimum absolute atomic E-state index is 0.00587. The molecule has 3 aromatic heterocycles. The molecule has 60 heavy (non-hydrogen) atoms. The Bertz CT molecular complexity index is 2730. The van der Waals surface area contributed by atoms with Crippen LogP contribution in [0.2, 0.25) is 0 Å². The lowest BCUT2D eigenvalue weighted by molar-refractivity contribution is -0.134. The average molecular weight is 828 g/mol. The maximum atomic E-state index is 15.6. The Balaban J connectivity index is 0.705. The summed E-state index contributed by atoms with van der Waals surface area (Å²) in [6.45, 7) is 7.35. The maximum absolute atomic E-state index is 15.6. The molecule has 3 aromatic carbocycles. The van der Waals surface area contributed by atoms with Crippen LogP contribution in [0.25, 0.3) is 43.1 Å². The number of halogens is 1. The lowest BCUT2D eigenvalue weighted by Gasteiger charge is -2.39. The number of rotatable bonds is 8. The van der Waals surface area contributed by atoms with E-state index in [9.17, 15) is 19.2 Å². The molecule has 6 aromatic rings. The number of fused-ring (bicyclic) bond motifs is 6. The van der Waals surface area contributed by atoms with Crippen LogP contribution in [0, 0.1) is 11.7 Å². The number of nitrogens with zero attached hydrogens (tertiary/aromatic N) is 5. The van der Waals surface area contributed by atoms with Gasteiger partial charge in [0.25, 0.3) is 11.8 Å². The van der Waals surface area contributed by atoms with Gasteiger partial charge in [-0.05, 0) is 106 Å². The predicted molar refractivity (Wildman–Crippen MR) is 231 cm³/mol. The summed E-state index contributed by atoms with van der Waals surface area (Å²) in [6.07, 6.45) is 3.70. The summed E-state index contributed by atoms with van der Waals surface area (Å²) in [5.41, 5.74) is 5.44. The smallest absolute Gasteiger partial charge is 0.263 e. The second-order valence-corrected chi connectivity index (χ2v) is 17.8. The van der Waals surface area contributed by atoms with Crippen molar-refractivity contribution in [1.82, 2.24) is 35.6 Å². The lowest BCUT2D eigenvalue weighted by atomic mass is 9.78. The zero-order valence-corrected chi connectivity index (χ0v) is 34.3. The fourth-order valence-electron chi connectivity index (χ4n) is 9.37. The molecular weight excluding hydrogens is 782 g/mol. The predicted octanol–water partition coefficient (Wildman–Crippen LogP) is 5.93. The Morgan fingerprint density at radius 2 is 1.80 bits per heavy atom. The van der Waals surface area contributed by atoms with Gasteiger partial charge in [0.1, 0.15) is 10.7 Å². The Morgan fingerprint density at radius 1 is 0.983 bits per heavy atom. The van der Waals surface area contributed by atoms with Gasteiger partial charge in [0.15, 0.2) is 0 Å². The number of carbonyl (C=O) groups excluding carboxylic acids is 4. The van der Waals surface area contributed by atoms with Crippen molar-refractivity contribution in [3.8, 4) is 11.3 Å². The quantitative estimate of drug-likeness (QED) is 0.137. The molecule has 2 saturated heterocycles. The number of hydrogen-bond donors (Lipinski definition) is 4. The zero-order valence-electron chi connectivity index (χ0n) is 33.5. The summed E-state index contributed by atoms with van der Waals surface area (Å²) in [7, 11) is 1.90. The third kappa shape index (κ3) is 7.02. The van der Waals surface area contributed by atoms with Crippen molar-refractivity contribution < 1.29 is 23.6 Å². The monoisotopic (exact) mass is 827 g/mol. The van der Waals surface area contributed by atoms with Gasteiger partial charge in [0, 0.05) is 95.9 Å². The van der Waals surface area contributed by atoms with Gasteiger partial charge in [0.05, 0.1) is 34.0 Å². The molecule has 3 fully saturated rings. The SMILES string of the molecule is C[C@@H]1CNc2c(sc3ccc4nc(-c5ccc(C(=O)NC6CC(CCN7CCN(c8ccc9c(C%10CCC(=O)NC%10=O)nn(C)c9c8)CC7)C6)cc5F)ccc4c23)C(=O)N1. The summed E-state index contributed by atoms with van der Waals surface area (Å²) in [6, 6.07) is 18.6. The molecule has 308 valence electrons. The number of aryl methyl sites for hydroxylation is 1. The summed E-state index contributed by atoms with van der Waals surface area (Å²) in [4.78, 5) is 60.6. The molecule has 1 saturated carbocycles. The van der Waals surface area contributed by atoms with E-state index >= 15 is 4.39 Å². The largest absolute Gasteiger partial charge is 0.381 e. The Labute approximate surface area is 349 Å². The molecule has 0 bridgehead atoms.